The Morgan fingerprint density at radius 1 is 1.46 bits per heavy atom. The van der Waals surface area contributed by atoms with Crippen LogP contribution in [0.1, 0.15) is 19.8 Å². The second-order valence-electron chi connectivity index (χ2n) is 2.81. The van der Waals surface area contributed by atoms with Gasteiger partial charge < -0.3 is 4.74 Å². The molecule has 0 bridgehead atoms. The van der Waals surface area contributed by atoms with Crippen molar-refractivity contribution in [3.8, 4) is 0 Å². The van der Waals surface area contributed by atoms with Crippen molar-refractivity contribution in [2.24, 2.45) is 0 Å². The summed E-state index contributed by atoms with van der Waals surface area (Å²) in [6, 6.07) is 0. The molecule has 0 fully saturated rings. The Kier molecular flexibility index (Phi) is 8.87. The first kappa shape index (κ1) is 13.2. The molecule has 0 N–H and O–H groups in total. The predicted molar refractivity (Wildman–Crippen MR) is 61.6 cm³/mol. The number of methoxy groups -OCH3 is 1. The van der Waals surface area contributed by atoms with Crippen molar-refractivity contribution in [3.05, 3.63) is 0 Å². The highest BCUT2D eigenvalue weighted by molar-refractivity contribution is 8.00. The molecular formula is C9H18O2S2. The van der Waals surface area contributed by atoms with Crippen molar-refractivity contribution in [2.75, 3.05) is 24.9 Å². The number of rotatable bonds is 7. The predicted octanol–water partition coefficient (Wildman–Crippen LogP) is 2.42. The summed E-state index contributed by atoms with van der Waals surface area (Å²) < 4.78 is 4.59. The number of esters is 1. The van der Waals surface area contributed by atoms with Crippen LogP contribution in [0.25, 0.3) is 0 Å². The topological polar surface area (TPSA) is 26.3 Å². The van der Waals surface area contributed by atoms with E-state index in [4.69, 9.17) is 0 Å². The SMILES string of the molecule is COC(=O)CC(C)SCCCSC. The zero-order valence-electron chi connectivity index (χ0n) is 8.54. The second-order valence-corrected chi connectivity index (χ2v) is 5.34. The maximum absolute atomic E-state index is 10.9. The van der Waals surface area contributed by atoms with Crippen molar-refractivity contribution < 1.29 is 9.53 Å². The maximum atomic E-state index is 10.9. The molecule has 1 unspecified atom stereocenters. The highest BCUT2D eigenvalue weighted by atomic mass is 32.2. The molecule has 0 aromatic rings. The molecule has 0 saturated heterocycles. The van der Waals surface area contributed by atoms with E-state index in [9.17, 15) is 4.79 Å². The molecule has 0 saturated carbocycles. The smallest absolute Gasteiger partial charge is 0.306 e. The van der Waals surface area contributed by atoms with Gasteiger partial charge in [0.15, 0.2) is 0 Å². The van der Waals surface area contributed by atoms with Crippen molar-refractivity contribution in [3.63, 3.8) is 0 Å². The van der Waals surface area contributed by atoms with Crippen LogP contribution in [-0.2, 0) is 9.53 Å². The summed E-state index contributed by atoms with van der Waals surface area (Å²) in [6.45, 7) is 2.07. The molecular weight excluding hydrogens is 204 g/mol. The molecule has 0 amide bonds. The normalized spacial score (nSPS) is 12.5. The lowest BCUT2D eigenvalue weighted by Gasteiger charge is -2.08. The highest BCUT2D eigenvalue weighted by Crippen LogP contribution is 2.16. The van der Waals surface area contributed by atoms with Crippen molar-refractivity contribution >= 4 is 29.5 Å². The van der Waals surface area contributed by atoms with Gasteiger partial charge in [-0.15, -0.1) is 0 Å². The Hall–Kier alpha value is 0.170. The van der Waals surface area contributed by atoms with Gasteiger partial charge in [0.25, 0.3) is 0 Å². The fraction of sp³-hybridized carbons (Fsp3) is 0.889. The first-order chi connectivity index (χ1) is 6.20. The molecule has 0 aliphatic heterocycles. The number of ether oxygens (including phenoxy) is 1. The molecule has 78 valence electrons. The summed E-state index contributed by atoms with van der Waals surface area (Å²) in [4.78, 5) is 10.9. The monoisotopic (exact) mass is 222 g/mol. The summed E-state index contributed by atoms with van der Waals surface area (Å²) in [7, 11) is 1.44. The molecule has 0 rings (SSSR count). The van der Waals surface area contributed by atoms with Gasteiger partial charge >= 0.3 is 5.97 Å². The van der Waals surface area contributed by atoms with Gasteiger partial charge in [-0.3, -0.25) is 4.79 Å². The molecule has 0 aliphatic rings. The van der Waals surface area contributed by atoms with Gasteiger partial charge in [0, 0.05) is 5.25 Å². The van der Waals surface area contributed by atoms with E-state index in [0.29, 0.717) is 11.7 Å². The summed E-state index contributed by atoms with van der Waals surface area (Å²) in [5.74, 6) is 2.24. The van der Waals surface area contributed by atoms with Crippen LogP contribution in [0.3, 0.4) is 0 Å². The van der Waals surface area contributed by atoms with E-state index in [1.165, 1.54) is 19.3 Å². The molecule has 0 spiro atoms. The molecule has 0 aromatic heterocycles. The van der Waals surface area contributed by atoms with Crippen LogP contribution in [0.2, 0.25) is 0 Å². The summed E-state index contributed by atoms with van der Waals surface area (Å²) in [5.41, 5.74) is 0. The van der Waals surface area contributed by atoms with Crippen molar-refractivity contribution in [1.29, 1.82) is 0 Å². The number of hydrogen-bond donors (Lipinski definition) is 0. The van der Waals surface area contributed by atoms with E-state index in [2.05, 4.69) is 17.9 Å². The summed E-state index contributed by atoms with van der Waals surface area (Å²) in [6.07, 6.45) is 3.86. The van der Waals surface area contributed by atoms with Gasteiger partial charge in [0.05, 0.1) is 13.5 Å². The molecule has 0 aromatic carbocycles. The molecule has 0 radical (unpaired) electrons. The quantitative estimate of drug-likeness (QED) is 0.488. The van der Waals surface area contributed by atoms with Crippen molar-refractivity contribution in [2.45, 2.75) is 25.0 Å². The Balaban J connectivity index is 3.29. The third-order valence-electron chi connectivity index (χ3n) is 1.58. The second kappa shape index (κ2) is 8.75. The third-order valence-corrected chi connectivity index (χ3v) is 3.53. The largest absolute Gasteiger partial charge is 0.469 e. The van der Waals surface area contributed by atoms with E-state index < -0.39 is 0 Å². The number of carbonyl (C=O) groups excluding carboxylic acids is 1. The van der Waals surface area contributed by atoms with Crippen LogP contribution in [0, 0.1) is 0 Å². The van der Waals surface area contributed by atoms with E-state index in [1.807, 2.05) is 23.5 Å². The highest BCUT2D eigenvalue weighted by Gasteiger charge is 2.08. The summed E-state index contributed by atoms with van der Waals surface area (Å²) >= 11 is 3.71. The van der Waals surface area contributed by atoms with E-state index >= 15 is 0 Å². The van der Waals surface area contributed by atoms with Gasteiger partial charge in [-0.25, -0.2) is 0 Å². The fourth-order valence-electron chi connectivity index (χ4n) is 0.865. The Labute approximate surface area is 89.2 Å². The average molecular weight is 222 g/mol. The summed E-state index contributed by atoms with van der Waals surface area (Å²) in [5, 5.41) is 0.384. The van der Waals surface area contributed by atoms with Crippen LogP contribution in [0.5, 0.6) is 0 Å². The van der Waals surface area contributed by atoms with Crippen molar-refractivity contribution in [1.82, 2.24) is 0 Å². The van der Waals surface area contributed by atoms with Gasteiger partial charge in [0.1, 0.15) is 0 Å². The zero-order valence-corrected chi connectivity index (χ0v) is 10.2. The average Bonchev–Trinajstić information content (AvgIpc) is 2.12. The third kappa shape index (κ3) is 8.50. The van der Waals surface area contributed by atoms with Gasteiger partial charge in [-0.2, -0.15) is 23.5 Å². The fourth-order valence-corrected chi connectivity index (χ4v) is 2.45. The van der Waals surface area contributed by atoms with Gasteiger partial charge in [-0.1, -0.05) is 6.92 Å². The molecule has 13 heavy (non-hydrogen) atoms. The van der Waals surface area contributed by atoms with Crippen LogP contribution in [0.4, 0.5) is 0 Å². The molecule has 2 nitrogen and oxygen atoms in total. The number of hydrogen-bond acceptors (Lipinski definition) is 4. The molecule has 0 aliphatic carbocycles. The minimum absolute atomic E-state index is 0.107. The Bertz CT molecular complexity index is 140. The Morgan fingerprint density at radius 2 is 2.15 bits per heavy atom. The van der Waals surface area contributed by atoms with Crippen LogP contribution >= 0.6 is 23.5 Å². The molecule has 1 atom stereocenters. The van der Waals surface area contributed by atoms with Gasteiger partial charge in [0.2, 0.25) is 0 Å². The Morgan fingerprint density at radius 3 is 2.69 bits per heavy atom. The van der Waals surface area contributed by atoms with E-state index in [-0.39, 0.29) is 5.97 Å². The van der Waals surface area contributed by atoms with Crippen LogP contribution < -0.4 is 0 Å². The minimum Gasteiger partial charge on any atom is -0.469 e. The van der Waals surface area contributed by atoms with Crippen LogP contribution in [0.15, 0.2) is 0 Å². The van der Waals surface area contributed by atoms with Gasteiger partial charge in [-0.05, 0) is 24.2 Å². The van der Waals surface area contributed by atoms with E-state index in [0.717, 1.165) is 5.75 Å². The molecule has 4 heteroatoms. The lowest BCUT2D eigenvalue weighted by atomic mass is 10.3. The standard InChI is InChI=1S/C9H18O2S2/c1-8(7-9(10)11-2)13-6-4-5-12-3/h8H,4-7H2,1-3H3. The first-order valence-electron chi connectivity index (χ1n) is 4.38. The number of thioether (sulfide) groups is 2. The lowest BCUT2D eigenvalue weighted by molar-refractivity contribution is -0.140. The van der Waals surface area contributed by atoms with Crippen LogP contribution in [-0.4, -0.2) is 36.1 Å². The lowest BCUT2D eigenvalue weighted by Crippen LogP contribution is -2.09. The maximum Gasteiger partial charge on any atom is 0.306 e. The molecule has 0 heterocycles. The zero-order chi connectivity index (χ0) is 10.1. The first-order valence-corrected chi connectivity index (χ1v) is 6.82. The minimum atomic E-state index is -0.107. The number of carbonyl (C=O) groups is 1. The van der Waals surface area contributed by atoms with E-state index in [1.54, 1.807) is 0 Å².